The van der Waals surface area contributed by atoms with E-state index in [1.165, 1.54) is 0 Å². The summed E-state index contributed by atoms with van der Waals surface area (Å²) in [5, 5.41) is 10.2. The minimum Gasteiger partial charge on any atom is -0.374 e. The molecule has 0 radical (unpaired) electrons. The molecule has 94 valence electrons. The first-order chi connectivity index (χ1) is 8.16. The first-order valence-corrected chi connectivity index (χ1v) is 5.78. The van der Waals surface area contributed by atoms with Gasteiger partial charge in [-0.2, -0.15) is 5.10 Å². The van der Waals surface area contributed by atoms with E-state index in [1.807, 2.05) is 14.0 Å². The van der Waals surface area contributed by atoms with E-state index in [1.54, 1.807) is 10.7 Å². The molecule has 0 saturated carbocycles. The van der Waals surface area contributed by atoms with Crippen LogP contribution in [0.5, 0.6) is 0 Å². The Bertz CT molecular complexity index is 377. The summed E-state index contributed by atoms with van der Waals surface area (Å²) >= 11 is 0. The van der Waals surface area contributed by atoms with Crippen molar-refractivity contribution in [1.82, 2.24) is 20.4 Å². The highest BCUT2D eigenvalue weighted by Crippen LogP contribution is 2.01. The maximum Gasteiger partial charge on any atom is 0.271 e. The summed E-state index contributed by atoms with van der Waals surface area (Å²) in [6.07, 6.45) is 0.0532. The highest BCUT2D eigenvalue weighted by molar-refractivity contribution is 5.92. The van der Waals surface area contributed by atoms with E-state index >= 15 is 0 Å². The third kappa shape index (κ3) is 3.04. The van der Waals surface area contributed by atoms with Crippen molar-refractivity contribution in [3.8, 4) is 0 Å². The second-order valence-electron chi connectivity index (χ2n) is 4.20. The predicted octanol–water partition coefficient (Wildman–Crippen LogP) is -0.553. The van der Waals surface area contributed by atoms with Crippen molar-refractivity contribution in [2.24, 2.45) is 7.05 Å². The molecule has 1 aliphatic rings. The van der Waals surface area contributed by atoms with Crippen molar-refractivity contribution < 1.29 is 9.53 Å². The van der Waals surface area contributed by atoms with E-state index < -0.39 is 0 Å². The molecule has 1 atom stereocenters. The fourth-order valence-electron chi connectivity index (χ4n) is 1.72. The van der Waals surface area contributed by atoms with Crippen LogP contribution in [0.15, 0.2) is 6.07 Å². The molecule has 1 aromatic rings. The van der Waals surface area contributed by atoms with Gasteiger partial charge in [0.05, 0.1) is 12.7 Å². The molecule has 6 heteroatoms. The van der Waals surface area contributed by atoms with E-state index in [2.05, 4.69) is 15.7 Å². The van der Waals surface area contributed by atoms with Gasteiger partial charge in [-0.05, 0) is 13.0 Å². The van der Waals surface area contributed by atoms with Crippen molar-refractivity contribution in [2.45, 2.75) is 13.0 Å². The molecule has 1 aromatic heterocycles. The molecule has 17 heavy (non-hydrogen) atoms. The van der Waals surface area contributed by atoms with Crippen LogP contribution in [0.4, 0.5) is 0 Å². The number of hydrogen-bond acceptors (Lipinski definition) is 4. The average molecular weight is 238 g/mol. The van der Waals surface area contributed by atoms with Gasteiger partial charge in [-0.25, -0.2) is 0 Å². The van der Waals surface area contributed by atoms with Gasteiger partial charge >= 0.3 is 0 Å². The number of carbonyl (C=O) groups excluding carboxylic acids is 1. The zero-order valence-corrected chi connectivity index (χ0v) is 10.2. The average Bonchev–Trinajstić information content (AvgIpc) is 2.68. The smallest absolute Gasteiger partial charge is 0.271 e. The van der Waals surface area contributed by atoms with Gasteiger partial charge in [0.15, 0.2) is 0 Å². The Morgan fingerprint density at radius 3 is 3.18 bits per heavy atom. The molecule has 0 unspecified atom stereocenters. The summed E-state index contributed by atoms with van der Waals surface area (Å²) in [5.74, 6) is -0.150. The number of aryl methyl sites for hydroxylation is 2. The Kier molecular flexibility index (Phi) is 3.75. The van der Waals surface area contributed by atoms with Crippen molar-refractivity contribution in [3.05, 3.63) is 17.5 Å². The van der Waals surface area contributed by atoms with Crippen molar-refractivity contribution in [3.63, 3.8) is 0 Å². The molecule has 0 aliphatic carbocycles. The SMILES string of the molecule is Cc1cc(C(=O)NC[C@H]2CNCCO2)nn1C. The number of nitrogens with zero attached hydrogens (tertiary/aromatic N) is 2. The summed E-state index contributed by atoms with van der Waals surface area (Å²) in [6, 6.07) is 1.77. The Balaban J connectivity index is 1.84. The fourth-order valence-corrected chi connectivity index (χ4v) is 1.72. The minimum atomic E-state index is -0.150. The van der Waals surface area contributed by atoms with Gasteiger partial charge in [0.25, 0.3) is 5.91 Å². The van der Waals surface area contributed by atoms with Gasteiger partial charge in [0.1, 0.15) is 5.69 Å². The second kappa shape index (κ2) is 5.29. The number of rotatable bonds is 3. The third-order valence-electron chi connectivity index (χ3n) is 2.84. The molecule has 1 saturated heterocycles. The standard InChI is InChI=1S/C11H18N4O2/c1-8-5-10(14-15(8)2)11(16)13-7-9-6-12-3-4-17-9/h5,9,12H,3-4,6-7H2,1-2H3,(H,13,16)/t9-/m1/s1. The van der Waals surface area contributed by atoms with Crippen molar-refractivity contribution >= 4 is 5.91 Å². The van der Waals surface area contributed by atoms with Gasteiger partial charge in [-0.1, -0.05) is 0 Å². The van der Waals surface area contributed by atoms with Gasteiger partial charge in [-0.3, -0.25) is 9.48 Å². The zero-order chi connectivity index (χ0) is 12.3. The molecule has 1 fully saturated rings. The van der Waals surface area contributed by atoms with E-state index in [-0.39, 0.29) is 12.0 Å². The summed E-state index contributed by atoms with van der Waals surface area (Å²) in [7, 11) is 1.82. The predicted molar refractivity (Wildman–Crippen MR) is 62.9 cm³/mol. The van der Waals surface area contributed by atoms with E-state index in [9.17, 15) is 4.79 Å². The van der Waals surface area contributed by atoms with E-state index in [0.29, 0.717) is 18.8 Å². The molecule has 0 aromatic carbocycles. The molecule has 2 rings (SSSR count). The molecule has 6 nitrogen and oxygen atoms in total. The highest BCUT2D eigenvalue weighted by atomic mass is 16.5. The Morgan fingerprint density at radius 1 is 1.76 bits per heavy atom. The number of carbonyl (C=O) groups is 1. The number of ether oxygens (including phenoxy) is 1. The van der Waals surface area contributed by atoms with Crippen molar-refractivity contribution in [1.29, 1.82) is 0 Å². The molecular weight excluding hydrogens is 220 g/mol. The number of nitrogens with one attached hydrogen (secondary N) is 2. The van der Waals surface area contributed by atoms with Gasteiger partial charge < -0.3 is 15.4 Å². The third-order valence-corrected chi connectivity index (χ3v) is 2.84. The number of morpholine rings is 1. The van der Waals surface area contributed by atoms with Crippen LogP contribution in [-0.4, -0.2) is 48.0 Å². The normalized spacial score (nSPS) is 20.2. The van der Waals surface area contributed by atoms with Crippen LogP contribution >= 0.6 is 0 Å². The van der Waals surface area contributed by atoms with Gasteiger partial charge in [0, 0.05) is 32.4 Å². The first kappa shape index (κ1) is 12.1. The fraction of sp³-hybridized carbons (Fsp3) is 0.636. The number of hydrogen-bond donors (Lipinski definition) is 2. The van der Waals surface area contributed by atoms with Crippen LogP contribution in [0, 0.1) is 6.92 Å². The Labute approximate surface area is 100 Å². The summed E-state index contributed by atoms with van der Waals surface area (Å²) < 4.78 is 7.18. The topological polar surface area (TPSA) is 68.2 Å². The Hall–Kier alpha value is -1.40. The van der Waals surface area contributed by atoms with Crippen LogP contribution in [0.3, 0.4) is 0 Å². The molecule has 0 bridgehead atoms. The molecule has 1 aliphatic heterocycles. The lowest BCUT2D eigenvalue weighted by Crippen LogP contribution is -2.45. The minimum absolute atomic E-state index is 0.0532. The molecule has 1 amide bonds. The number of aromatic nitrogens is 2. The van der Waals surface area contributed by atoms with E-state index in [4.69, 9.17) is 4.74 Å². The van der Waals surface area contributed by atoms with Gasteiger partial charge in [-0.15, -0.1) is 0 Å². The zero-order valence-electron chi connectivity index (χ0n) is 10.2. The lowest BCUT2D eigenvalue weighted by molar-refractivity contribution is 0.0286. The summed E-state index contributed by atoms with van der Waals surface area (Å²) in [6.45, 7) is 4.79. The Morgan fingerprint density at radius 2 is 2.59 bits per heavy atom. The quantitative estimate of drug-likeness (QED) is 0.741. The molecule has 0 spiro atoms. The maximum atomic E-state index is 11.8. The van der Waals surface area contributed by atoms with Crippen LogP contribution in [0.1, 0.15) is 16.2 Å². The summed E-state index contributed by atoms with van der Waals surface area (Å²) in [5.41, 5.74) is 1.42. The summed E-state index contributed by atoms with van der Waals surface area (Å²) in [4.78, 5) is 11.8. The van der Waals surface area contributed by atoms with E-state index in [0.717, 1.165) is 18.8 Å². The largest absolute Gasteiger partial charge is 0.374 e. The van der Waals surface area contributed by atoms with Crippen LogP contribution in [0.2, 0.25) is 0 Å². The molecule has 2 N–H and O–H groups in total. The van der Waals surface area contributed by atoms with Crippen LogP contribution in [-0.2, 0) is 11.8 Å². The molecule has 2 heterocycles. The van der Waals surface area contributed by atoms with Crippen LogP contribution in [0.25, 0.3) is 0 Å². The monoisotopic (exact) mass is 238 g/mol. The van der Waals surface area contributed by atoms with Gasteiger partial charge in [0.2, 0.25) is 0 Å². The lowest BCUT2D eigenvalue weighted by Gasteiger charge is -2.23. The highest BCUT2D eigenvalue weighted by Gasteiger charge is 2.16. The first-order valence-electron chi connectivity index (χ1n) is 5.78. The maximum absolute atomic E-state index is 11.8. The van der Waals surface area contributed by atoms with Crippen molar-refractivity contribution in [2.75, 3.05) is 26.2 Å². The lowest BCUT2D eigenvalue weighted by atomic mass is 10.3. The molecular formula is C11H18N4O2. The second-order valence-corrected chi connectivity index (χ2v) is 4.20. The van der Waals surface area contributed by atoms with Crippen LogP contribution < -0.4 is 10.6 Å². The number of amides is 1.